The molecule has 2 rings (SSSR count). The first-order chi connectivity index (χ1) is 7.83. The first-order valence-corrected chi connectivity index (χ1v) is 5.48. The summed E-state index contributed by atoms with van der Waals surface area (Å²) in [5.74, 6) is 6.73. The van der Waals surface area contributed by atoms with E-state index in [0.29, 0.717) is 5.82 Å². The number of morpholine rings is 1. The molecule has 1 aromatic rings. The molecule has 0 spiro atoms. The molecule has 2 heterocycles. The third kappa shape index (κ3) is 2.40. The summed E-state index contributed by atoms with van der Waals surface area (Å²) in [6.07, 6.45) is 4.64. The number of nitrogens with zero attached hydrogens (tertiary/aromatic N) is 3. The van der Waals surface area contributed by atoms with Crippen molar-refractivity contribution in [2.24, 2.45) is 5.84 Å². The van der Waals surface area contributed by atoms with E-state index in [1.54, 1.807) is 12.4 Å². The Morgan fingerprint density at radius 1 is 1.62 bits per heavy atom. The van der Waals surface area contributed by atoms with Crippen LogP contribution in [0.4, 0.5) is 11.6 Å². The summed E-state index contributed by atoms with van der Waals surface area (Å²) in [5.41, 5.74) is 2.50. The fourth-order valence-electron chi connectivity index (χ4n) is 1.75. The van der Waals surface area contributed by atoms with Gasteiger partial charge in [0.15, 0.2) is 5.82 Å². The van der Waals surface area contributed by atoms with Crippen molar-refractivity contribution in [3.8, 4) is 0 Å². The topological polar surface area (TPSA) is 76.3 Å². The number of ether oxygens (including phenoxy) is 1. The Bertz CT molecular complexity index is 346. The maximum Gasteiger partial charge on any atom is 0.160 e. The number of nitrogens with two attached hydrogens (primary N) is 1. The third-order valence-corrected chi connectivity index (χ3v) is 2.69. The van der Waals surface area contributed by atoms with Crippen molar-refractivity contribution in [2.75, 3.05) is 30.0 Å². The van der Waals surface area contributed by atoms with E-state index in [4.69, 9.17) is 10.6 Å². The summed E-state index contributed by atoms with van der Waals surface area (Å²) in [6, 6.07) is 0. The predicted molar refractivity (Wildman–Crippen MR) is 62.1 cm³/mol. The molecular weight excluding hydrogens is 206 g/mol. The Balaban J connectivity index is 2.10. The van der Waals surface area contributed by atoms with Gasteiger partial charge < -0.3 is 15.1 Å². The normalized spacial score (nSPS) is 20.9. The van der Waals surface area contributed by atoms with Crippen LogP contribution in [0.25, 0.3) is 0 Å². The zero-order chi connectivity index (χ0) is 11.4. The molecule has 1 aliphatic heterocycles. The maximum absolute atomic E-state index is 5.61. The molecule has 6 nitrogen and oxygen atoms in total. The monoisotopic (exact) mass is 223 g/mol. The van der Waals surface area contributed by atoms with Crippen LogP contribution in [0.1, 0.15) is 13.3 Å². The highest BCUT2D eigenvalue weighted by molar-refractivity contribution is 5.43. The van der Waals surface area contributed by atoms with E-state index in [2.05, 4.69) is 27.2 Å². The van der Waals surface area contributed by atoms with Crippen LogP contribution >= 0.6 is 0 Å². The minimum absolute atomic E-state index is 0.282. The second-order valence-corrected chi connectivity index (χ2v) is 3.75. The lowest BCUT2D eigenvalue weighted by Gasteiger charge is -2.33. The molecule has 0 amide bonds. The smallest absolute Gasteiger partial charge is 0.160 e. The van der Waals surface area contributed by atoms with Crippen molar-refractivity contribution in [3.05, 3.63) is 12.4 Å². The standard InChI is InChI=1S/C10H17N5O/c1-2-8-7-15(3-4-16-8)10-6-12-5-9(13-10)14-11/h5-6,8H,2-4,7,11H2,1H3,(H,13,14). The zero-order valence-corrected chi connectivity index (χ0v) is 9.39. The van der Waals surface area contributed by atoms with E-state index in [-0.39, 0.29) is 6.10 Å². The van der Waals surface area contributed by atoms with Crippen LogP contribution in [0.3, 0.4) is 0 Å². The zero-order valence-electron chi connectivity index (χ0n) is 9.39. The molecule has 0 radical (unpaired) electrons. The summed E-state index contributed by atoms with van der Waals surface area (Å²) in [4.78, 5) is 10.6. The predicted octanol–water partition coefficient (Wildman–Crippen LogP) is 0.377. The molecule has 0 saturated carbocycles. The van der Waals surface area contributed by atoms with Crippen LogP contribution in [0.15, 0.2) is 12.4 Å². The van der Waals surface area contributed by atoms with Gasteiger partial charge in [-0.1, -0.05) is 6.92 Å². The van der Waals surface area contributed by atoms with Gasteiger partial charge in [-0.3, -0.25) is 4.98 Å². The minimum atomic E-state index is 0.282. The van der Waals surface area contributed by atoms with Crippen molar-refractivity contribution in [3.63, 3.8) is 0 Å². The highest BCUT2D eigenvalue weighted by atomic mass is 16.5. The molecule has 0 bridgehead atoms. The van der Waals surface area contributed by atoms with E-state index in [0.717, 1.165) is 31.9 Å². The van der Waals surface area contributed by atoms with Crippen LogP contribution in [-0.2, 0) is 4.74 Å². The summed E-state index contributed by atoms with van der Waals surface area (Å²) < 4.78 is 5.61. The number of hydrogen-bond acceptors (Lipinski definition) is 6. The maximum atomic E-state index is 5.61. The molecule has 16 heavy (non-hydrogen) atoms. The second-order valence-electron chi connectivity index (χ2n) is 3.75. The van der Waals surface area contributed by atoms with Gasteiger partial charge in [0, 0.05) is 13.1 Å². The van der Waals surface area contributed by atoms with Gasteiger partial charge in [0.2, 0.25) is 0 Å². The van der Waals surface area contributed by atoms with E-state index in [1.165, 1.54) is 0 Å². The molecule has 6 heteroatoms. The average Bonchev–Trinajstić information content (AvgIpc) is 2.39. The molecule has 1 fully saturated rings. The van der Waals surface area contributed by atoms with Gasteiger partial charge in [-0.15, -0.1) is 0 Å². The van der Waals surface area contributed by atoms with E-state index >= 15 is 0 Å². The molecule has 1 saturated heterocycles. The van der Waals surface area contributed by atoms with Crippen molar-refractivity contribution < 1.29 is 4.74 Å². The Labute approximate surface area is 94.8 Å². The number of anilines is 2. The van der Waals surface area contributed by atoms with Crippen molar-refractivity contribution in [2.45, 2.75) is 19.4 Å². The minimum Gasteiger partial charge on any atom is -0.375 e. The van der Waals surface area contributed by atoms with Gasteiger partial charge in [0.25, 0.3) is 0 Å². The molecule has 88 valence electrons. The highest BCUT2D eigenvalue weighted by Gasteiger charge is 2.20. The number of rotatable bonds is 3. The van der Waals surface area contributed by atoms with Crippen LogP contribution in [-0.4, -0.2) is 35.8 Å². The Hall–Kier alpha value is -1.40. The van der Waals surface area contributed by atoms with Crippen molar-refractivity contribution >= 4 is 11.6 Å². The average molecular weight is 223 g/mol. The number of hydrogen-bond donors (Lipinski definition) is 2. The lowest BCUT2D eigenvalue weighted by Crippen LogP contribution is -2.42. The number of nitrogen functional groups attached to an aromatic ring is 1. The Morgan fingerprint density at radius 2 is 2.50 bits per heavy atom. The fourth-order valence-corrected chi connectivity index (χ4v) is 1.75. The molecular formula is C10H17N5O. The molecule has 3 N–H and O–H groups in total. The number of hydrazine groups is 1. The lowest BCUT2D eigenvalue weighted by atomic mass is 10.2. The SMILES string of the molecule is CCC1CN(c2cncc(NN)n2)CCO1. The van der Waals surface area contributed by atoms with Crippen LogP contribution < -0.4 is 16.2 Å². The van der Waals surface area contributed by atoms with E-state index in [9.17, 15) is 0 Å². The number of aromatic nitrogens is 2. The van der Waals surface area contributed by atoms with Gasteiger partial charge in [0.05, 0.1) is 25.1 Å². The first kappa shape index (κ1) is 11.1. The Morgan fingerprint density at radius 3 is 3.25 bits per heavy atom. The molecule has 1 aliphatic rings. The summed E-state index contributed by atoms with van der Waals surface area (Å²) in [6.45, 7) is 4.57. The molecule has 0 aromatic carbocycles. The van der Waals surface area contributed by atoms with Crippen LogP contribution in [0, 0.1) is 0 Å². The quantitative estimate of drug-likeness (QED) is 0.570. The Kier molecular flexibility index (Phi) is 3.53. The molecule has 1 unspecified atom stereocenters. The van der Waals surface area contributed by atoms with Gasteiger partial charge in [0.1, 0.15) is 5.82 Å². The van der Waals surface area contributed by atoms with Crippen molar-refractivity contribution in [1.29, 1.82) is 0 Å². The molecule has 1 aromatic heterocycles. The first-order valence-electron chi connectivity index (χ1n) is 5.48. The molecule has 0 aliphatic carbocycles. The lowest BCUT2D eigenvalue weighted by molar-refractivity contribution is 0.0381. The summed E-state index contributed by atoms with van der Waals surface area (Å²) in [7, 11) is 0. The second kappa shape index (κ2) is 5.09. The van der Waals surface area contributed by atoms with Gasteiger partial charge in [-0.2, -0.15) is 0 Å². The number of nitrogens with one attached hydrogen (secondary N) is 1. The fraction of sp³-hybridized carbons (Fsp3) is 0.600. The van der Waals surface area contributed by atoms with Gasteiger partial charge in [-0.25, -0.2) is 10.8 Å². The van der Waals surface area contributed by atoms with Gasteiger partial charge in [-0.05, 0) is 6.42 Å². The van der Waals surface area contributed by atoms with E-state index in [1.807, 2.05) is 0 Å². The highest BCUT2D eigenvalue weighted by Crippen LogP contribution is 2.16. The van der Waals surface area contributed by atoms with Crippen LogP contribution in [0.2, 0.25) is 0 Å². The largest absolute Gasteiger partial charge is 0.375 e. The van der Waals surface area contributed by atoms with Gasteiger partial charge >= 0.3 is 0 Å². The summed E-state index contributed by atoms with van der Waals surface area (Å²) >= 11 is 0. The third-order valence-electron chi connectivity index (χ3n) is 2.69. The summed E-state index contributed by atoms with van der Waals surface area (Å²) in [5, 5.41) is 0. The van der Waals surface area contributed by atoms with Crippen LogP contribution in [0.5, 0.6) is 0 Å². The molecule has 1 atom stereocenters. The van der Waals surface area contributed by atoms with E-state index < -0.39 is 0 Å². The van der Waals surface area contributed by atoms with Crippen molar-refractivity contribution in [1.82, 2.24) is 9.97 Å².